The summed E-state index contributed by atoms with van der Waals surface area (Å²) in [6.45, 7) is 0. The first-order valence-electron chi connectivity index (χ1n) is 3.23. The first-order valence-corrected chi connectivity index (χ1v) is 3.23. The van der Waals surface area contributed by atoms with Gasteiger partial charge in [-0.25, -0.2) is 0 Å². The second-order valence-electron chi connectivity index (χ2n) is 2.30. The molecule has 0 bridgehead atoms. The molecule has 0 aromatic heterocycles. The normalized spacial score (nSPS) is 9.15. The van der Waals surface area contributed by atoms with Crippen LogP contribution in [0.1, 0.15) is 5.56 Å². The number of aromatic hydroxyl groups is 1. The van der Waals surface area contributed by atoms with E-state index in [0.29, 0.717) is 0 Å². The predicted octanol–water partition coefficient (Wildman–Crippen LogP) is 0.754. The topological polar surface area (TPSA) is 113 Å². The Labute approximate surface area is 73.0 Å². The second kappa shape index (κ2) is 2.98. The van der Waals surface area contributed by atoms with Gasteiger partial charge in [-0.15, -0.1) is 0 Å². The van der Waals surface area contributed by atoms with Gasteiger partial charge in [-0.1, -0.05) is 0 Å². The molecule has 0 aliphatic carbocycles. The number of benzene rings is 1. The third kappa shape index (κ3) is 1.49. The lowest BCUT2D eigenvalue weighted by Crippen LogP contribution is -1.93. The third-order valence-corrected chi connectivity index (χ3v) is 1.46. The van der Waals surface area contributed by atoms with Crippen LogP contribution in [0.25, 0.3) is 0 Å². The van der Waals surface area contributed by atoms with E-state index in [1.807, 2.05) is 0 Å². The van der Waals surface area contributed by atoms with Crippen molar-refractivity contribution in [1.82, 2.24) is 0 Å². The van der Waals surface area contributed by atoms with E-state index in [9.17, 15) is 10.1 Å². The number of nitrogens with zero attached hydrogens (tertiary/aromatic N) is 2. The molecule has 0 radical (unpaired) electrons. The summed E-state index contributed by atoms with van der Waals surface area (Å²) >= 11 is 0. The van der Waals surface area contributed by atoms with Crippen LogP contribution in [-0.4, -0.2) is 10.0 Å². The Hall–Kier alpha value is -2.29. The van der Waals surface area contributed by atoms with Gasteiger partial charge in [0.2, 0.25) is 0 Å². The van der Waals surface area contributed by atoms with Gasteiger partial charge in [0.15, 0.2) is 5.75 Å². The lowest BCUT2D eigenvalue weighted by molar-refractivity contribution is -0.384. The van der Waals surface area contributed by atoms with Crippen LogP contribution in [0.2, 0.25) is 0 Å². The van der Waals surface area contributed by atoms with Crippen LogP contribution in [0.4, 0.5) is 11.4 Å². The lowest BCUT2D eigenvalue weighted by atomic mass is 10.1. The van der Waals surface area contributed by atoms with Gasteiger partial charge >= 0.3 is 0 Å². The zero-order chi connectivity index (χ0) is 10.0. The fourth-order valence-electron chi connectivity index (χ4n) is 0.832. The maximum Gasteiger partial charge on any atom is 0.273 e. The Kier molecular flexibility index (Phi) is 2.02. The highest BCUT2D eigenvalue weighted by Gasteiger charge is 2.13. The van der Waals surface area contributed by atoms with E-state index >= 15 is 0 Å². The molecule has 6 heteroatoms. The molecule has 0 aliphatic rings. The average molecular weight is 179 g/mol. The number of nitro benzene ring substituents is 1. The number of hydrogen-bond acceptors (Lipinski definition) is 5. The van der Waals surface area contributed by atoms with E-state index in [-0.39, 0.29) is 16.9 Å². The van der Waals surface area contributed by atoms with E-state index < -0.39 is 10.7 Å². The smallest absolute Gasteiger partial charge is 0.273 e. The van der Waals surface area contributed by atoms with Crippen LogP contribution in [0.5, 0.6) is 5.75 Å². The van der Waals surface area contributed by atoms with Gasteiger partial charge in [-0.05, 0) is 0 Å². The van der Waals surface area contributed by atoms with Crippen LogP contribution in [0.15, 0.2) is 12.1 Å². The number of nitrogen functional groups attached to an aromatic ring is 1. The number of non-ortho nitro benzene ring substituents is 1. The summed E-state index contributed by atoms with van der Waals surface area (Å²) < 4.78 is 0. The van der Waals surface area contributed by atoms with Crippen molar-refractivity contribution in [3.63, 3.8) is 0 Å². The Morgan fingerprint density at radius 3 is 2.69 bits per heavy atom. The zero-order valence-corrected chi connectivity index (χ0v) is 6.39. The van der Waals surface area contributed by atoms with Crippen LogP contribution >= 0.6 is 0 Å². The van der Waals surface area contributed by atoms with Crippen molar-refractivity contribution in [3.8, 4) is 11.8 Å². The fourth-order valence-corrected chi connectivity index (χ4v) is 0.832. The number of nitriles is 1. The van der Waals surface area contributed by atoms with Crippen molar-refractivity contribution >= 4 is 11.4 Å². The molecular formula is C7H5N3O3. The number of nitrogens with two attached hydrogens (primary N) is 1. The average Bonchev–Trinajstić information content (AvgIpc) is 2.09. The number of phenolic OH excluding ortho intramolecular Hbond substituents is 1. The van der Waals surface area contributed by atoms with Crippen LogP contribution in [0.3, 0.4) is 0 Å². The number of phenols is 1. The van der Waals surface area contributed by atoms with Crippen molar-refractivity contribution < 1.29 is 10.0 Å². The summed E-state index contributed by atoms with van der Waals surface area (Å²) in [6, 6.07) is 3.56. The van der Waals surface area contributed by atoms with Crippen LogP contribution < -0.4 is 5.73 Å². The Morgan fingerprint density at radius 2 is 2.23 bits per heavy atom. The Balaban J connectivity index is 3.41. The van der Waals surface area contributed by atoms with Crippen LogP contribution in [-0.2, 0) is 0 Å². The zero-order valence-electron chi connectivity index (χ0n) is 6.39. The third-order valence-electron chi connectivity index (χ3n) is 1.46. The lowest BCUT2D eigenvalue weighted by Gasteiger charge is -1.99. The van der Waals surface area contributed by atoms with Gasteiger partial charge in [0, 0.05) is 12.1 Å². The summed E-state index contributed by atoms with van der Waals surface area (Å²) in [6.07, 6.45) is 0. The molecule has 1 aromatic carbocycles. The van der Waals surface area contributed by atoms with Crippen LogP contribution in [0, 0.1) is 21.4 Å². The molecule has 0 heterocycles. The first kappa shape index (κ1) is 8.80. The molecule has 0 saturated heterocycles. The number of rotatable bonds is 1. The molecule has 3 N–H and O–H groups in total. The highest BCUT2D eigenvalue weighted by Crippen LogP contribution is 2.29. The number of anilines is 1. The molecule has 0 spiro atoms. The summed E-state index contributed by atoms with van der Waals surface area (Å²) in [7, 11) is 0. The predicted molar refractivity (Wildman–Crippen MR) is 43.9 cm³/mol. The number of hydrogen-bond donors (Lipinski definition) is 2. The molecule has 6 nitrogen and oxygen atoms in total. The standard InChI is InChI=1S/C7H5N3O3/c8-3-4-1-5(10(12)13)2-6(9)7(4)11/h1-2,11H,9H2. The minimum atomic E-state index is -0.684. The summed E-state index contributed by atoms with van der Waals surface area (Å²) in [5, 5.41) is 27.9. The van der Waals surface area contributed by atoms with Gasteiger partial charge in [-0.2, -0.15) is 5.26 Å². The van der Waals surface area contributed by atoms with Crippen molar-refractivity contribution in [2.75, 3.05) is 5.73 Å². The van der Waals surface area contributed by atoms with E-state index in [1.54, 1.807) is 6.07 Å². The summed E-state index contributed by atoms with van der Waals surface area (Å²) in [4.78, 5) is 9.61. The molecular weight excluding hydrogens is 174 g/mol. The van der Waals surface area contributed by atoms with E-state index in [4.69, 9.17) is 16.1 Å². The molecule has 0 aliphatic heterocycles. The van der Waals surface area contributed by atoms with Gasteiger partial charge < -0.3 is 10.8 Å². The van der Waals surface area contributed by atoms with E-state index in [1.165, 1.54) is 0 Å². The minimum Gasteiger partial charge on any atom is -0.504 e. The van der Waals surface area contributed by atoms with Crippen molar-refractivity contribution in [1.29, 1.82) is 5.26 Å². The molecule has 0 atom stereocenters. The molecule has 0 fully saturated rings. The Bertz CT molecular complexity index is 408. The maximum atomic E-state index is 10.3. The summed E-state index contributed by atoms with van der Waals surface area (Å²) in [5.41, 5.74) is 4.54. The van der Waals surface area contributed by atoms with Crippen molar-refractivity contribution in [3.05, 3.63) is 27.8 Å². The molecule has 0 unspecified atom stereocenters. The molecule has 1 aromatic rings. The quantitative estimate of drug-likeness (QED) is 0.286. The van der Waals surface area contributed by atoms with E-state index in [2.05, 4.69) is 0 Å². The number of nitro groups is 1. The maximum absolute atomic E-state index is 10.3. The van der Waals surface area contributed by atoms with Gasteiger partial charge in [0.25, 0.3) is 5.69 Å². The van der Waals surface area contributed by atoms with Gasteiger partial charge in [0.1, 0.15) is 11.6 Å². The molecule has 13 heavy (non-hydrogen) atoms. The van der Waals surface area contributed by atoms with Gasteiger partial charge in [-0.3, -0.25) is 10.1 Å². The monoisotopic (exact) mass is 179 g/mol. The molecule has 66 valence electrons. The second-order valence-corrected chi connectivity index (χ2v) is 2.30. The van der Waals surface area contributed by atoms with Crippen molar-refractivity contribution in [2.24, 2.45) is 0 Å². The molecule has 0 saturated carbocycles. The summed E-state index contributed by atoms with van der Waals surface area (Å²) in [5.74, 6) is -0.423. The molecule has 0 amide bonds. The largest absolute Gasteiger partial charge is 0.504 e. The molecule has 1 rings (SSSR count). The highest BCUT2D eigenvalue weighted by molar-refractivity contribution is 5.65. The van der Waals surface area contributed by atoms with Gasteiger partial charge in [0.05, 0.1) is 10.6 Å². The minimum absolute atomic E-state index is 0.175. The first-order chi connectivity index (χ1) is 6.06. The van der Waals surface area contributed by atoms with Crippen molar-refractivity contribution in [2.45, 2.75) is 0 Å². The SMILES string of the molecule is N#Cc1cc([N+](=O)[O-])cc(N)c1O. The Morgan fingerprint density at radius 1 is 1.62 bits per heavy atom. The van der Waals surface area contributed by atoms with E-state index in [0.717, 1.165) is 12.1 Å². The highest BCUT2D eigenvalue weighted by atomic mass is 16.6. The fraction of sp³-hybridized carbons (Fsp3) is 0.